The maximum absolute atomic E-state index is 9.00. The van der Waals surface area contributed by atoms with Gasteiger partial charge in [0, 0.05) is 16.8 Å². The van der Waals surface area contributed by atoms with Crippen molar-refractivity contribution < 1.29 is 21.6 Å². The molecule has 0 aromatic heterocycles. The molecule has 0 aromatic rings. The van der Waals surface area contributed by atoms with Crippen LogP contribution in [0.3, 0.4) is 0 Å². The molecule has 0 aliphatic rings. The van der Waals surface area contributed by atoms with Gasteiger partial charge in [0.2, 0.25) is 0 Å². The third-order valence-corrected chi connectivity index (χ3v) is 0. The van der Waals surface area contributed by atoms with E-state index in [4.69, 9.17) is 4.79 Å². The molecule has 0 aromatic carbocycles. The standard InChI is InChI=1S/CH4N2O.Co/c2-1(3)4;/h(H4,2,3,4);. The average molecular weight is 119 g/mol. The van der Waals surface area contributed by atoms with Crippen LogP contribution >= 0.6 is 0 Å². The molecule has 4 heteroatoms. The third kappa shape index (κ3) is 239. The topological polar surface area (TPSA) is 69.1 Å². The van der Waals surface area contributed by atoms with E-state index in [2.05, 4.69) is 11.5 Å². The number of carbonyl (C=O) groups is 1. The van der Waals surface area contributed by atoms with Crippen LogP contribution in [0.15, 0.2) is 0 Å². The number of hydrogen-bond donors (Lipinski definition) is 2. The van der Waals surface area contributed by atoms with Crippen molar-refractivity contribution in [2.24, 2.45) is 11.5 Å². The molecule has 4 N–H and O–H groups in total. The van der Waals surface area contributed by atoms with Crippen LogP contribution in [-0.4, -0.2) is 6.03 Å². The number of hydrogen-bond acceptors (Lipinski definition) is 1. The van der Waals surface area contributed by atoms with Crippen molar-refractivity contribution >= 4 is 6.03 Å². The Balaban J connectivity index is 0. The van der Waals surface area contributed by atoms with Crippen LogP contribution in [0.4, 0.5) is 4.79 Å². The second-order valence-electron chi connectivity index (χ2n) is 0.402. The first-order valence-electron chi connectivity index (χ1n) is 0.781. The van der Waals surface area contributed by atoms with Gasteiger partial charge in [-0.05, 0) is 0 Å². The molecule has 0 aliphatic heterocycles. The van der Waals surface area contributed by atoms with Gasteiger partial charge in [-0.15, -0.1) is 0 Å². The summed E-state index contributed by atoms with van der Waals surface area (Å²) in [5.74, 6) is 0. The quantitative estimate of drug-likeness (QED) is 0.422. The summed E-state index contributed by atoms with van der Waals surface area (Å²) in [7, 11) is 0. The summed E-state index contributed by atoms with van der Waals surface area (Å²) in [5.41, 5.74) is 8.50. The predicted octanol–water partition coefficient (Wildman–Crippen LogP) is -0.979. The smallest absolute Gasteiger partial charge is 0.309 e. The fourth-order valence-corrected chi connectivity index (χ4v) is 0. The number of carbonyl (C=O) groups excluding carboxylic acids is 1. The first-order valence-corrected chi connectivity index (χ1v) is 0.781. The Bertz CT molecular complexity index is 32.6. The first-order chi connectivity index (χ1) is 1.73. The van der Waals surface area contributed by atoms with E-state index in [1.165, 1.54) is 0 Å². The minimum Gasteiger partial charge on any atom is -0.352 e. The van der Waals surface area contributed by atoms with Crippen molar-refractivity contribution in [3.63, 3.8) is 0 Å². The molecular weight excluding hydrogens is 115 g/mol. The van der Waals surface area contributed by atoms with Crippen molar-refractivity contribution in [2.45, 2.75) is 0 Å². The minimum absolute atomic E-state index is 0. The Morgan fingerprint density at radius 3 is 1.40 bits per heavy atom. The van der Waals surface area contributed by atoms with Crippen LogP contribution in [0.5, 0.6) is 0 Å². The molecule has 0 saturated heterocycles. The summed E-state index contributed by atoms with van der Waals surface area (Å²) < 4.78 is 0. The minimum atomic E-state index is -0.833. The van der Waals surface area contributed by atoms with E-state index in [1.54, 1.807) is 0 Å². The van der Waals surface area contributed by atoms with Crippen molar-refractivity contribution in [1.82, 2.24) is 0 Å². The molecule has 0 atom stereocenters. The van der Waals surface area contributed by atoms with Crippen LogP contribution in [0.2, 0.25) is 0 Å². The van der Waals surface area contributed by atoms with E-state index in [9.17, 15) is 0 Å². The number of amides is 2. The van der Waals surface area contributed by atoms with Gasteiger partial charge in [0.25, 0.3) is 0 Å². The van der Waals surface area contributed by atoms with Gasteiger partial charge in [0.05, 0.1) is 0 Å². The molecule has 0 rings (SSSR count). The van der Waals surface area contributed by atoms with Crippen molar-refractivity contribution in [2.75, 3.05) is 0 Å². The molecule has 0 aliphatic carbocycles. The van der Waals surface area contributed by atoms with Gasteiger partial charge in [-0.1, -0.05) is 0 Å². The van der Waals surface area contributed by atoms with Crippen molar-refractivity contribution in [3.8, 4) is 0 Å². The van der Waals surface area contributed by atoms with E-state index in [-0.39, 0.29) is 16.8 Å². The number of primary amides is 2. The molecule has 2 amide bonds. The molecule has 3 nitrogen and oxygen atoms in total. The van der Waals surface area contributed by atoms with Crippen molar-refractivity contribution in [3.05, 3.63) is 0 Å². The first kappa shape index (κ1) is 8.84. The second-order valence-corrected chi connectivity index (χ2v) is 0.402. The largest absolute Gasteiger partial charge is 0.352 e. The molecule has 0 saturated carbocycles. The fourth-order valence-electron chi connectivity index (χ4n) is 0. The Labute approximate surface area is 39.9 Å². The van der Waals surface area contributed by atoms with E-state index in [0.717, 1.165) is 0 Å². The van der Waals surface area contributed by atoms with Gasteiger partial charge >= 0.3 is 6.03 Å². The van der Waals surface area contributed by atoms with Crippen LogP contribution in [0.25, 0.3) is 0 Å². The summed E-state index contributed by atoms with van der Waals surface area (Å²) in [6.45, 7) is 0. The summed E-state index contributed by atoms with van der Waals surface area (Å²) in [6, 6.07) is -0.833. The van der Waals surface area contributed by atoms with Gasteiger partial charge < -0.3 is 11.5 Å². The van der Waals surface area contributed by atoms with E-state index in [1.807, 2.05) is 0 Å². The summed E-state index contributed by atoms with van der Waals surface area (Å²) in [5, 5.41) is 0. The fraction of sp³-hybridized carbons (Fsp3) is 0. The van der Waals surface area contributed by atoms with Crippen LogP contribution in [0.1, 0.15) is 0 Å². The van der Waals surface area contributed by atoms with Gasteiger partial charge in [0.15, 0.2) is 0 Å². The molecule has 0 heterocycles. The molecule has 0 unspecified atom stereocenters. The summed E-state index contributed by atoms with van der Waals surface area (Å²) in [4.78, 5) is 9.00. The molecule has 5 heavy (non-hydrogen) atoms. The van der Waals surface area contributed by atoms with Gasteiger partial charge in [-0.2, -0.15) is 0 Å². The second kappa shape index (κ2) is 3.78. The Hall–Kier alpha value is -0.224. The molecule has 33 valence electrons. The van der Waals surface area contributed by atoms with Crippen LogP contribution < -0.4 is 11.5 Å². The van der Waals surface area contributed by atoms with E-state index < -0.39 is 6.03 Å². The van der Waals surface area contributed by atoms with E-state index in [0.29, 0.717) is 0 Å². The van der Waals surface area contributed by atoms with Gasteiger partial charge in [-0.3, -0.25) is 0 Å². The Morgan fingerprint density at radius 1 is 1.40 bits per heavy atom. The normalized spacial score (nSPS) is 4.80. The third-order valence-electron chi connectivity index (χ3n) is 0. The number of rotatable bonds is 0. The maximum atomic E-state index is 9.00. The summed E-state index contributed by atoms with van der Waals surface area (Å²) in [6.07, 6.45) is 0. The molecular formula is CH4CoN2O. The predicted molar refractivity (Wildman–Crippen MR) is 13.8 cm³/mol. The Morgan fingerprint density at radius 2 is 1.40 bits per heavy atom. The molecule has 0 spiro atoms. The zero-order chi connectivity index (χ0) is 3.58. The van der Waals surface area contributed by atoms with Gasteiger partial charge in [0.1, 0.15) is 0 Å². The Kier molecular flexibility index (Phi) is 6.67. The summed E-state index contributed by atoms with van der Waals surface area (Å²) >= 11 is 0. The monoisotopic (exact) mass is 119 g/mol. The molecule has 0 bridgehead atoms. The van der Waals surface area contributed by atoms with E-state index >= 15 is 0 Å². The number of nitrogens with two attached hydrogens (primary N) is 2. The van der Waals surface area contributed by atoms with Crippen LogP contribution in [0, 0.1) is 0 Å². The zero-order valence-electron chi connectivity index (χ0n) is 2.40. The van der Waals surface area contributed by atoms with Gasteiger partial charge in [-0.25, -0.2) is 4.79 Å². The molecule has 0 fully saturated rings. The maximum Gasteiger partial charge on any atom is 0.309 e. The SMILES string of the molecule is NC(N)=O.[Co]. The van der Waals surface area contributed by atoms with Crippen molar-refractivity contribution in [1.29, 1.82) is 0 Å². The average Bonchev–Trinajstić information content (AvgIpc) is 0.811. The van der Waals surface area contributed by atoms with Crippen LogP contribution in [-0.2, 0) is 16.8 Å². The molecule has 1 radical (unpaired) electrons. The number of urea groups is 1. The zero-order valence-corrected chi connectivity index (χ0v) is 3.44.